The van der Waals surface area contributed by atoms with Crippen molar-refractivity contribution in [3.8, 4) is 5.75 Å². The number of benzene rings is 1. The fourth-order valence-electron chi connectivity index (χ4n) is 1.58. The quantitative estimate of drug-likeness (QED) is 0.668. The van der Waals surface area contributed by atoms with Crippen LogP contribution in [-0.4, -0.2) is 43.6 Å². The Morgan fingerprint density at radius 3 is 2.85 bits per heavy atom. The van der Waals surface area contributed by atoms with E-state index in [1.54, 1.807) is 12.1 Å². The molecule has 0 heterocycles. The molecule has 1 aromatic rings. The van der Waals surface area contributed by atoms with Crippen molar-refractivity contribution >= 4 is 5.97 Å². The number of carboxylic acid groups (broad SMARTS) is 1. The number of carbonyl (C=O) groups is 1. The van der Waals surface area contributed by atoms with E-state index < -0.39 is 5.97 Å². The van der Waals surface area contributed by atoms with E-state index in [1.807, 2.05) is 13.8 Å². The third-order valence-electron chi connectivity index (χ3n) is 2.60. The second-order valence-electron chi connectivity index (χ2n) is 4.38. The van der Waals surface area contributed by atoms with E-state index in [2.05, 4.69) is 0 Å². The third-order valence-corrected chi connectivity index (χ3v) is 2.60. The van der Waals surface area contributed by atoms with Gasteiger partial charge < -0.3 is 19.3 Å². The van der Waals surface area contributed by atoms with Crippen molar-refractivity contribution in [1.29, 1.82) is 0 Å². The highest BCUT2D eigenvalue weighted by molar-refractivity contribution is 5.87. The summed E-state index contributed by atoms with van der Waals surface area (Å²) >= 11 is 0. The zero-order chi connectivity index (χ0) is 14.8. The Morgan fingerprint density at radius 2 is 2.15 bits per heavy atom. The van der Waals surface area contributed by atoms with Gasteiger partial charge in [-0.3, -0.25) is 0 Å². The molecule has 5 heteroatoms. The molecule has 1 unspecified atom stereocenters. The van der Waals surface area contributed by atoms with Crippen molar-refractivity contribution in [3.63, 3.8) is 0 Å². The predicted molar refractivity (Wildman–Crippen MR) is 75.4 cm³/mol. The van der Waals surface area contributed by atoms with E-state index in [4.69, 9.17) is 19.3 Å². The van der Waals surface area contributed by atoms with Crippen LogP contribution in [0.25, 0.3) is 0 Å². The van der Waals surface area contributed by atoms with Gasteiger partial charge in [-0.15, -0.1) is 0 Å². The van der Waals surface area contributed by atoms with Crippen LogP contribution in [-0.2, 0) is 9.47 Å². The van der Waals surface area contributed by atoms with Crippen molar-refractivity contribution < 1.29 is 24.1 Å². The lowest BCUT2D eigenvalue weighted by molar-refractivity contribution is -0.00666. The van der Waals surface area contributed by atoms with Crippen LogP contribution < -0.4 is 4.74 Å². The van der Waals surface area contributed by atoms with Gasteiger partial charge in [0.2, 0.25) is 0 Å². The summed E-state index contributed by atoms with van der Waals surface area (Å²) in [6.45, 7) is 6.28. The van der Waals surface area contributed by atoms with Crippen LogP contribution in [0.15, 0.2) is 24.3 Å². The molecule has 0 amide bonds. The standard InChI is InChI=1S/C15H22O5/c1-3-18-11-12(2)19-8-5-9-20-14-7-4-6-13(10-14)15(16)17/h4,6-7,10,12H,3,5,8-9,11H2,1-2H3,(H,16,17). The topological polar surface area (TPSA) is 65.0 Å². The number of hydrogen-bond acceptors (Lipinski definition) is 4. The van der Waals surface area contributed by atoms with E-state index >= 15 is 0 Å². The van der Waals surface area contributed by atoms with Crippen LogP contribution in [0.1, 0.15) is 30.6 Å². The Bertz CT molecular complexity index is 405. The molecular weight excluding hydrogens is 260 g/mol. The molecule has 0 fully saturated rings. The van der Waals surface area contributed by atoms with Gasteiger partial charge in [0.15, 0.2) is 0 Å². The average molecular weight is 282 g/mol. The fraction of sp³-hybridized carbons (Fsp3) is 0.533. The molecule has 1 rings (SSSR count). The van der Waals surface area contributed by atoms with Crippen LogP contribution in [0.3, 0.4) is 0 Å². The van der Waals surface area contributed by atoms with Gasteiger partial charge in [-0.25, -0.2) is 4.79 Å². The fourth-order valence-corrected chi connectivity index (χ4v) is 1.58. The second kappa shape index (κ2) is 9.34. The lowest BCUT2D eigenvalue weighted by Gasteiger charge is -2.13. The van der Waals surface area contributed by atoms with E-state index in [0.717, 1.165) is 6.42 Å². The molecule has 20 heavy (non-hydrogen) atoms. The van der Waals surface area contributed by atoms with Gasteiger partial charge in [0, 0.05) is 13.0 Å². The van der Waals surface area contributed by atoms with Crippen molar-refractivity contribution in [2.75, 3.05) is 26.4 Å². The highest BCUT2D eigenvalue weighted by Crippen LogP contribution is 2.13. The molecular formula is C15H22O5. The monoisotopic (exact) mass is 282 g/mol. The first-order chi connectivity index (χ1) is 9.63. The zero-order valence-corrected chi connectivity index (χ0v) is 12.0. The van der Waals surface area contributed by atoms with Gasteiger partial charge in [-0.05, 0) is 32.0 Å². The molecule has 1 atom stereocenters. The van der Waals surface area contributed by atoms with Crippen LogP contribution in [0.2, 0.25) is 0 Å². The number of carboxylic acids is 1. The first-order valence-electron chi connectivity index (χ1n) is 6.79. The highest BCUT2D eigenvalue weighted by Gasteiger charge is 2.04. The molecule has 112 valence electrons. The molecule has 1 N–H and O–H groups in total. The number of rotatable bonds is 10. The van der Waals surface area contributed by atoms with Crippen LogP contribution >= 0.6 is 0 Å². The Kier molecular flexibility index (Phi) is 7.69. The maximum atomic E-state index is 10.8. The van der Waals surface area contributed by atoms with Gasteiger partial charge in [-0.1, -0.05) is 6.07 Å². The molecule has 1 aromatic carbocycles. The average Bonchev–Trinajstić information content (AvgIpc) is 2.45. The molecule has 0 aliphatic rings. The van der Waals surface area contributed by atoms with Crippen molar-refractivity contribution in [1.82, 2.24) is 0 Å². The summed E-state index contributed by atoms with van der Waals surface area (Å²) in [6.07, 6.45) is 0.818. The largest absolute Gasteiger partial charge is 0.493 e. The van der Waals surface area contributed by atoms with Gasteiger partial charge in [0.25, 0.3) is 0 Å². The SMILES string of the molecule is CCOCC(C)OCCCOc1cccc(C(=O)O)c1. The molecule has 0 aliphatic carbocycles. The summed E-state index contributed by atoms with van der Waals surface area (Å²) in [4.78, 5) is 10.8. The first-order valence-corrected chi connectivity index (χ1v) is 6.79. The minimum Gasteiger partial charge on any atom is -0.493 e. The van der Waals surface area contributed by atoms with Gasteiger partial charge in [-0.2, -0.15) is 0 Å². The van der Waals surface area contributed by atoms with E-state index in [9.17, 15) is 4.79 Å². The third kappa shape index (κ3) is 6.54. The summed E-state index contributed by atoms with van der Waals surface area (Å²) in [5, 5.41) is 8.86. The molecule has 0 aromatic heterocycles. The molecule has 0 saturated carbocycles. The van der Waals surface area contributed by atoms with Crippen molar-refractivity contribution in [2.45, 2.75) is 26.4 Å². The minimum absolute atomic E-state index is 0.0743. The van der Waals surface area contributed by atoms with Crippen molar-refractivity contribution in [3.05, 3.63) is 29.8 Å². The summed E-state index contributed by atoms with van der Waals surface area (Å²) in [5.74, 6) is -0.393. The maximum absolute atomic E-state index is 10.8. The summed E-state index contributed by atoms with van der Waals surface area (Å²) in [5.41, 5.74) is 0.226. The van der Waals surface area contributed by atoms with Gasteiger partial charge >= 0.3 is 5.97 Å². The van der Waals surface area contributed by atoms with Gasteiger partial charge in [0.05, 0.1) is 31.5 Å². The second-order valence-corrected chi connectivity index (χ2v) is 4.38. The molecule has 5 nitrogen and oxygen atoms in total. The van der Waals surface area contributed by atoms with Gasteiger partial charge in [0.1, 0.15) is 5.75 Å². The summed E-state index contributed by atoms with van der Waals surface area (Å²) in [7, 11) is 0. The number of ether oxygens (including phenoxy) is 3. The minimum atomic E-state index is -0.955. The van der Waals surface area contributed by atoms with Crippen LogP contribution in [0, 0.1) is 0 Å². The lowest BCUT2D eigenvalue weighted by atomic mass is 10.2. The number of aromatic carboxylic acids is 1. The predicted octanol–water partition coefficient (Wildman–Crippen LogP) is 2.60. The Balaban J connectivity index is 2.18. The van der Waals surface area contributed by atoms with Crippen molar-refractivity contribution in [2.24, 2.45) is 0 Å². The number of hydrogen-bond donors (Lipinski definition) is 1. The molecule has 0 spiro atoms. The summed E-state index contributed by atoms with van der Waals surface area (Å²) in [6, 6.07) is 6.46. The van der Waals surface area contributed by atoms with E-state index in [-0.39, 0.29) is 11.7 Å². The normalized spacial score (nSPS) is 12.1. The summed E-state index contributed by atoms with van der Waals surface area (Å²) < 4.78 is 16.3. The first kappa shape index (κ1) is 16.5. The van der Waals surface area contributed by atoms with Crippen LogP contribution in [0.5, 0.6) is 5.75 Å². The van der Waals surface area contributed by atoms with E-state index in [1.165, 1.54) is 12.1 Å². The van der Waals surface area contributed by atoms with Crippen LogP contribution in [0.4, 0.5) is 0 Å². The maximum Gasteiger partial charge on any atom is 0.335 e. The Hall–Kier alpha value is -1.59. The highest BCUT2D eigenvalue weighted by atomic mass is 16.5. The molecule has 0 aliphatic heterocycles. The lowest BCUT2D eigenvalue weighted by Crippen LogP contribution is -2.17. The van der Waals surface area contributed by atoms with E-state index in [0.29, 0.717) is 32.2 Å². The molecule has 0 radical (unpaired) electrons. The Morgan fingerprint density at radius 1 is 1.35 bits per heavy atom. The smallest absolute Gasteiger partial charge is 0.335 e. The Labute approximate surface area is 119 Å². The molecule has 0 saturated heterocycles. The molecule has 0 bridgehead atoms. The zero-order valence-electron chi connectivity index (χ0n) is 12.0.